The number of likely N-dealkylation sites (N-methyl/N-ethyl adjacent to an activating group) is 1. The number of carbonyl (C=O) groups is 3. The van der Waals surface area contributed by atoms with E-state index < -0.39 is 29.5 Å². The maximum absolute atomic E-state index is 13.7. The van der Waals surface area contributed by atoms with Gasteiger partial charge < -0.3 is 35.4 Å². The number of para-hydroxylation sites is 2. The fourth-order valence-corrected chi connectivity index (χ4v) is 6.88. The zero-order chi connectivity index (χ0) is 50.0. The molecule has 1 aliphatic heterocycles. The molecule has 15 nitrogen and oxygen atoms in total. The molecule has 0 saturated carbocycles. The third-order valence-corrected chi connectivity index (χ3v) is 10.4. The van der Waals surface area contributed by atoms with Crippen LogP contribution in [0.3, 0.4) is 0 Å². The van der Waals surface area contributed by atoms with Gasteiger partial charge in [0.15, 0.2) is 0 Å². The average Bonchev–Trinajstić information content (AvgIpc) is 4.03. The first-order chi connectivity index (χ1) is 33.8. The molecule has 6 aromatic rings. The van der Waals surface area contributed by atoms with Crippen molar-refractivity contribution >= 4 is 23.4 Å². The largest absolute Gasteiger partial charge is 0.489 e. The van der Waals surface area contributed by atoms with E-state index in [1.807, 2.05) is 24.3 Å². The second-order valence-corrected chi connectivity index (χ2v) is 15.4. The van der Waals surface area contributed by atoms with E-state index in [9.17, 15) is 37.1 Å². The van der Waals surface area contributed by atoms with Crippen LogP contribution in [0.15, 0.2) is 110 Å². The summed E-state index contributed by atoms with van der Waals surface area (Å²) in [6.07, 6.45) is -0.521. The Morgan fingerprint density at radius 2 is 1.70 bits per heavy atom. The first-order valence-corrected chi connectivity index (χ1v) is 21.9. The first kappa shape index (κ1) is 51.1. The number of rotatable bonds is 16. The third-order valence-electron chi connectivity index (χ3n) is 10.4. The SMILES string of the molecule is C=C.CN1C(=O)C(NC(=O)c2n[nH]c(Cc3ccc(C#CCCn4cc(C(=O)NCCC#Cc5ccc(OCc6ccc(F)c(C(F)(F)F)c6)c(CNCCO)c5)cn4)cc3)n2)COc2ccccc21. The molecular formula is C51H49F4N9O6. The molecule has 7 rings (SSSR count). The number of nitrogens with zero attached hydrogens (tertiary/aromatic N) is 5. The van der Waals surface area contributed by atoms with Crippen LogP contribution in [0.2, 0.25) is 0 Å². The Morgan fingerprint density at radius 3 is 2.49 bits per heavy atom. The molecule has 1 unspecified atom stereocenters. The van der Waals surface area contributed by atoms with Gasteiger partial charge in [0.1, 0.15) is 42.4 Å². The number of nitrogens with one attached hydrogen (secondary N) is 4. The smallest absolute Gasteiger partial charge is 0.419 e. The summed E-state index contributed by atoms with van der Waals surface area (Å²) in [7, 11) is 1.62. The molecule has 362 valence electrons. The summed E-state index contributed by atoms with van der Waals surface area (Å²) in [6.45, 7) is 6.95. The number of halogens is 4. The number of alkyl halides is 3. The van der Waals surface area contributed by atoms with Gasteiger partial charge in [0.05, 0.1) is 36.2 Å². The lowest BCUT2D eigenvalue weighted by atomic mass is 10.1. The number of aliphatic hydroxyl groups excluding tert-OH is 1. The predicted octanol–water partition coefficient (Wildman–Crippen LogP) is 5.98. The number of anilines is 1. The third kappa shape index (κ3) is 14.1. The lowest BCUT2D eigenvalue weighted by Crippen LogP contribution is -2.49. The summed E-state index contributed by atoms with van der Waals surface area (Å²) in [5.41, 5.74) is 2.77. The van der Waals surface area contributed by atoms with Crippen LogP contribution in [-0.4, -0.2) is 87.2 Å². The highest BCUT2D eigenvalue weighted by Gasteiger charge is 2.34. The molecule has 3 amide bonds. The molecule has 4 aromatic carbocycles. The van der Waals surface area contributed by atoms with E-state index in [1.54, 1.807) is 60.4 Å². The Labute approximate surface area is 401 Å². The van der Waals surface area contributed by atoms with Crippen LogP contribution in [-0.2, 0) is 37.1 Å². The quantitative estimate of drug-likeness (QED) is 0.0334. The Morgan fingerprint density at radius 1 is 0.957 bits per heavy atom. The number of benzene rings is 4. The highest BCUT2D eigenvalue weighted by Crippen LogP contribution is 2.33. The van der Waals surface area contributed by atoms with Crippen LogP contribution in [0.5, 0.6) is 11.5 Å². The van der Waals surface area contributed by atoms with Gasteiger partial charge in [0.2, 0.25) is 5.82 Å². The number of aromatic amines is 1. The number of aliphatic hydroxyl groups is 1. The number of carbonyl (C=O) groups excluding carboxylic acids is 3. The van der Waals surface area contributed by atoms with E-state index >= 15 is 0 Å². The van der Waals surface area contributed by atoms with Crippen LogP contribution in [0.25, 0.3) is 0 Å². The van der Waals surface area contributed by atoms with E-state index in [-0.39, 0.29) is 56.1 Å². The Balaban J connectivity index is 0.00000397. The molecule has 3 heterocycles. The summed E-state index contributed by atoms with van der Waals surface area (Å²) >= 11 is 0. The summed E-state index contributed by atoms with van der Waals surface area (Å²) in [5.74, 6) is 11.0. The van der Waals surface area contributed by atoms with Crippen molar-refractivity contribution in [2.45, 2.75) is 51.2 Å². The molecular weight excluding hydrogens is 911 g/mol. The topological polar surface area (TPSA) is 189 Å². The van der Waals surface area contributed by atoms with Gasteiger partial charge in [-0.05, 0) is 65.7 Å². The second-order valence-electron chi connectivity index (χ2n) is 15.4. The van der Waals surface area contributed by atoms with E-state index in [0.29, 0.717) is 72.1 Å². The summed E-state index contributed by atoms with van der Waals surface area (Å²) < 4.78 is 66.5. The van der Waals surface area contributed by atoms with Crippen molar-refractivity contribution < 1.29 is 46.5 Å². The minimum Gasteiger partial charge on any atom is -0.489 e. The van der Waals surface area contributed by atoms with Crippen molar-refractivity contribution in [2.24, 2.45) is 0 Å². The molecule has 2 aromatic heterocycles. The van der Waals surface area contributed by atoms with Crippen molar-refractivity contribution in [3.63, 3.8) is 0 Å². The van der Waals surface area contributed by atoms with E-state index in [1.165, 1.54) is 17.2 Å². The maximum Gasteiger partial charge on any atom is 0.419 e. The fourth-order valence-electron chi connectivity index (χ4n) is 6.88. The molecule has 0 spiro atoms. The molecule has 70 heavy (non-hydrogen) atoms. The van der Waals surface area contributed by atoms with Crippen LogP contribution >= 0.6 is 0 Å². The minimum atomic E-state index is -4.84. The number of aromatic nitrogens is 5. The molecule has 0 radical (unpaired) electrons. The zero-order valence-corrected chi connectivity index (χ0v) is 38.0. The van der Waals surface area contributed by atoms with Crippen molar-refractivity contribution in [3.8, 4) is 35.2 Å². The van der Waals surface area contributed by atoms with Crippen LogP contribution < -0.4 is 30.3 Å². The number of aryl methyl sites for hydroxylation is 1. The first-order valence-electron chi connectivity index (χ1n) is 21.9. The van der Waals surface area contributed by atoms with Crippen molar-refractivity contribution in [3.05, 3.63) is 167 Å². The molecule has 0 fully saturated rings. The molecule has 19 heteroatoms. The number of fused-ring (bicyclic) bond motifs is 1. The van der Waals surface area contributed by atoms with Crippen molar-refractivity contribution in [2.75, 3.05) is 38.3 Å². The zero-order valence-electron chi connectivity index (χ0n) is 38.0. The van der Waals surface area contributed by atoms with Gasteiger partial charge in [-0.15, -0.1) is 18.3 Å². The average molecular weight is 960 g/mol. The van der Waals surface area contributed by atoms with Gasteiger partial charge in [0, 0.05) is 68.8 Å². The molecule has 1 atom stereocenters. The van der Waals surface area contributed by atoms with Crippen molar-refractivity contribution in [1.29, 1.82) is 0 Å². The maximum atomic E-state index is 13.7. The van der Waals surface area contributed by atoms with Crippen LogP contribution in [0.1, 0.15) is 73.0 Å². The molecule has 0 saturated heterocycles. The van der Waals surface area contributed by atoms with Gasteiger partial charge in [-0.25, -0.2) is 9.37 Å². The van der Waals surface area contributed by atoms with Gasteiger partial charge in [-0.3, -0.25) is 24.2 Å². The molecule has 0 aliphatic carbocycles. The van der Waals surface area contributed by atoms with E-state index in [2.05, 4.69) is 73.1 Å². The molecule has 0 bridgehead atoms. The van der Waals surface area contributed by atoms with Crippen LogP contribution in [0.4, 0.5) is 23.2 Å². The fraction of sp³-hybridized carbons (Fsp3) is 0.255. The number of hydrogen-bond donors (Lipinski definition) is 5. The molecule has 5 N–H and O–H groups in total. The second kappa shape index (κ2) is 24.7. The lowest BCUT2D eigenvalue weighted by molar-refractivity contribution is -0.140. The van der Waals surface area contributed by atoms with E-state index in [0.717, 1.165) is 23.3 Å². The summed E-state index contributed by atoms with van der Waals surface area (Å²) in [5, 5.41) is 28.8. The Bertz CT molecular complexity index is 2900. The van der Waals surface area contributed by atoms with Crippen molar-refractivity contribution in [1.82, 2.24) is 40.9 Å². The van der Waals surface area contributed by atoms with E-state index in [4.69, 9.17) is 9.47 Å². The number of hydrogen-bond acceptors (Lipinski definition) is 10. The highest BCUT2D eigenvalue weighted by molar-refractivity contribution is 6.02. The normalized spacial score (nSPS) is 12.9. The predicted molar refractivity (Wildman–Crippen MR) is 252 cm³/mol. The van der Waals surface area contributed by atoms with Gasteiger partial charge in [-0.1, -0.05) is 54.0 Å². The Hall–Kier alpha value is -8.26. The monoisotopic (exact) mass is 959 g/mol. The summed E-state index contributed by atoms with van der Waals surface area (Å²) in [6, 6.07) is 21.6. The summed E-state index contributed by atoms with van der Waals surface area (Å²) in [4.78, 5) is 44.5. The number of amides is 3. The number of H-pyrrole nitrogens is 1. The Kier molecular flexibility index (Phi) is 18.0. The van der Waals surface area contributed by atoms with Gasteiger partial charge in [0.25, 0.3) is 17.7 Å². The highest BCUT2D eigenvalue weighted by atomic mass is 19.4. The number of ether oxygens (including phenoxy) is 2. The standard InChI is InChI=1S/C49H45F4N9O6.C2H4/c1-61-41-10-2-3-11-43(41)68-31-40(48(61)66)57-47(65)45-58-44(59-60-45)26-34-14-12-32(13-15-34)8-5-7-22-62-29-37(28-56-62)46(64)55-20-6-4-9-33-17-19-42(36(24-33)27-54-21-23-63)67-30-35-16-18-39(50)38(25-35)49(51,52)53;1-2/h2-3,10-19,24-25,28-29,40,54,63H,6-7,20-23,26-27,30-31H2,1H3,(H,55,64)(H,57,65)(H,58,59,60);1-2H2. The van der Waals surface area contributed by atoms with Gasteiger partial charge in [-0.2, -0.15) is 18.3 Å². The van der Waals surface area contributed by atoms with Crippen LogP contribution in [0, 0.1) is 29.5 Å². The lowest BCUT2D eigenvalue weighted by Gasteiger charge is -2.19. The minimum absolute atomic E-state index is 0.0338. The van der Waals surface area contributed by atoms with Gasteiger partial charge >= 0.3 is 6.18 Å². The molecule has 1 aliphatic rings.